The molecule has 0 amide bonds. The molecule has 1 aromatic carbocycles. The summed E-state index contributed by atoms with van der Waals surface area (Å²) in [6, 6.07) is 10.1. The molecule has 0 aliphatic carbocycles. The molecule has 0 aliphatic heterocycles. The van der Waals surface area contributed by atoms with E-state index in [2.05, 4.69) is 12.2 Å². The highest BCUT2D eigenvalue weighted by atomic mass is 35.5. The van der Waals surface area contributed by atoms with Gasteiger partial charge in [0.05, 0.1) is 9.26 Å². The van der Waals surface area contributed by atoms with E-state index in [-0.39, 0.29) is 11.7 Å². The number of nitro benzene ring substituents is 1. The molecule has 2 aromatic rings. The predicted molar refractivity (Wildman–Crippen MR) is 84.3 cm³/mol. The zero-order valence-electron chi connectivity index (χ0n) is 11.4. The molecule has 0 saturated heterocycles. The van der Waals surface area contributed by atoms with Crippen LogP contribution in [-0.2, 0) is 0 Å². The van der Waals surface area contributed by atoms with Crippen LogP contribution in [0.5, 0.6) is 5.75 Å². The molecule has 112 valence electrons. The summed E-state index contributed by atoms with van der Waals surface area (Å²) in [5.74, 6) is 0.620. The molecule has 5 nitrogen and oxygen atoms in total. The van der Waals surface area contributed by atoms with Gasteiger partial charge < -0.3 is 10.1 Å². The maximum absolute atomic E-state index is 10.5. The monoisotopic (exact) mass is 326 g/mol. The zero-order chi connectivity index (χ0) is 15.2. The Balaban J connectivity index is 1.73. The lowest BCUT2D eigenvalue weighted by Gasteiger charge is -2.12. The molecule has 7 heteroatoms. The Morgan fingerprint density at radius 2 is 2.05 bits per heavy atom. The third-order valence-electron chi connectivity index (χ3n) is 2.89. The van der Waals surface area contributed by atoms with E-state index in [4.69, 9.17) is 16.3 Å². The lowest BCUT2D eigenvalue weighted by Crippen LogP contribution is -2.23. The van der Waals surface area contributed by atoms with Gasteiger partial charge in [-0.05, 0) is 31.2 Å². The third-order valence-corrected chi connectivity index (χ3v) is 4.30. The quantitative estimate of drug-likeness (QED) is 0.474. The van der Waals surface area contributed by atoms with Crippen LogP contribution in [-0.4, -0.2) is 18.1 Å². The largest absolute Gasteiger partial charge is 0.492 e. The Hall–Kier alpha value is -1.63. The van der Waals surface area contributed by atoms with Crippen LogP contribution in [0.25, 0.3) is 0 Å². The lowest BCUT2D eigenvalue weighted by molar-refractivity contribution is -0.384. The topological polar surface area (TPSA) is 64.4 Å². The van der Waals surface area contributed by atoms with Gasteiger partial charge >= 0.3 is 0 Å². The highest BCUT2D eigenvalue weighted by Crippen LogP contribution is 2.26. The molecule has 0 saturated carbocycles. The molecule has 0 spiro atoms. The predicted octanol–water partition coefficient (Wildman–Crippen LogP) is 4.04. The van der Waals surface area contributed by atoms with Crippen LogP contribution in [0, 0.1) is 10.1 Å². The Labute approximate surface area is 131 Å². The van der Waals surface area contributed by atoms with Crippen LogP contribution in [0.3, 0.4) is 0 Å². The van der Waals surface area contributed by atoms with Crippen LogP contribution in [0.4, 0.5) is 5.69 Å². The molecule has 1 unspecified atom stereocenters. The first-order valence-corrected chi connectivity index (χ1v) is 7.61. The van der Waals surface area contributed by atoms with Crippen molar-refractivity contribution in [3.05, 3.63) is 55.7 Å². The molecule has 0 radical (unpaired) electrons. The van der Waals surface area contributed by atoms with E-state index in [0.717, 1.165) is 4.34 Å². The van der Waals surface area contributed by atoms with Gasteiger partial charge in [-0.25, -0.2) is 0 Å². The molecule has 1 N–H and O–H groups in total. The summed E-state index contributed by atoms with van der Waals surface area (Å²) in [5, 5.41) is 13.9. The fourth-order valence-electron chi connectivity index (χ4n) is 1.77. The summed E-state index contributed by atoms with van der Waals surface area (Å²) < 4.78 is 6.30. The van der Waals surface area contributed by atoms with Gasteiger partial charge in [-0.1, -0.05) is 11.6 Å². The summed E-state index contributed by atoms with van der Waals surface area (Å²) in [4.78, 5) is 11.3. The van der Waals surface area contributed by atoms with E-state index in [1.807, 2.05) is 12.1 Å². The van der Waals surface area contributed by atoms with Gasteiger partial charge in [0.25, 0.3) is 5.69 Å². The van der Waals surface area contributed by atoms with E-state index < -0.39 is 4.92 Å². The number of thiophene rings is 1. The van der Waals surface area contributed by atoms with Gasteiger partial charge in [0, 0.05) is 29.6 Å². The smallest absolute Gasteiger partial charge is 0.269 e. The molecule has 0 aliphatic rings. The SMILES string of the molecule is CC(NCCOc1ccc([N+](=O)[O-])cc1)c1ccc(Cl)s1. The summed E-state index contributed by atoms with van der Waals surface area (Å²) >= 11 is 7.45. The van der Waals surface area contributed by atoms with Gasteiger partial charge in [0.2, 0.25) is 0 Å². The Kier molecular flexibility index (Phi) is 5.55. The van der Waals surface area contributed by atoms with Crippen molar-refractivity contribution in [3.63, 3.8) is 0 Å². The maximum Gasteiger partial charge on any atom is 0.269 e. The van der Waals surface area contributed by atoms with E-state index in [1.165, 1.54) is 17.0 Å². The second-order valence-electron chi connectivity index (χ2n) is 4.42. The highest BCUT2D eigenvalue weighted by Gasteiger charge is 2.07. The molecule has 0 bridgehead atoms. The van der Waals surface area contributed by atoms with Gasteiger partial charge in [0.1, 0.15) is 12.4 Å². The number of halogens is 1. The number of non-ortho nitro benzene ring substituents is 1. The summed E-state index contributed by atoms with van der Waals surface area (Å²) in [6.07, 6.45) is 0. The van der Waals surface area contributed by atoms with Crippen LogP contribution < -0.4 is 10.1 Å². The van der Waals surface area contributed by atoms with Gasteiger partial charge in [-0.3, -0.25) is 10.1 Å². The number of nitrogens with one attached hydrogen (secondary N) is 1. The first-order valence-electron chi connectivity index (χ1n) is 6.42. The van der Waals surface area contributed by atoms with Crippen molar-refractivity contribution >= 4 is 28.6 Å². The van der Waals surface area contributed by atoms with E-state index >= 15 is 0 Å². The number of rotatable bonds is 7. The van der Waals surface area contributed by atoms with Crippen molar-refractivity contribution in [1.82, 2.24) is 5.32 Å². The number of ether oxygens (including phenoxy) is 1. The minimum Gasteiger partial charge on any atom is -0.492 e. The summed E-state index contributed by atoms with van der Waals surface area (Å²) in [7, 11) is 0. The number of nitrogens with zero attached hydrogens (tertiary/aromatic N) is 1. The van der Waals surface area contributed by atoms with Gasteiger partial charge in [-0.2, -0.15) is 0 Å². The van der Waals surface area contributed by atoms with Crippen LogP contribution in [0.2, 0.25) is 4.34 Å². The van der Waals surface area contributed by atoms with Gasteiger partial charge in [0.15, 0.2) is 0 Å². The minimum atomic E-state index is -0.431. The van der Waals surface area contributed by atoms with Crippen LogP contribution >= 0.6 is 22.9 Å². The van der Waals surface area contributed by atoms with Crippen molar-refractivity contribution in [3.8, 4) is 5.75 Å². The third kappa shape index (κ3) is 4.70. The van der Waals surface area contributed by atoms with Crippen LogP contribution in [0.1, 0.15) is 17.8 Å². The molecule has 0 fully saturated rings. The first-order chi connectivity index (χ1) is 10.1. The van der Waals surface area contributed by atoms with Crippen molar-refractivity contribution in [2.75, 3.05) is 13.2 Å². The van der Waals surface area contributed by atoms with Crippen LogP contribution in [0.15, 0.2) is 36.4 Å². The number of nitro groups is 1. The first kappa shape index (κ1) is 15.8. The minimum absolute atomic E-state index is 0.0590. The standard InChI is InChI=1S/C14H15ClN2O3S/c1-10(13-6-7-14(15)21-13)16-8-9-20-12-4-2-11(3-5-12)17(18)19/h2-7,10,16H,8-9H2,1H3. The van der Waals surface area contributed by atoms with E-state index in [9.17, 15) is 10.1 Å². The number of benzene rings is 1. The molecule has 1 atom stereocenters. The maximum atomic E-state index is 10.5. The molecular formula is C14H15ClN2O3S. The average Bonchev–Trinajstić information content (AvgIpc) is 2.90. The number of hydrogen-bond acceptors (Lipinski definition) is 5. The Bertz CT molecular complexity index is 601. The summed E-state index contributed by atoms with van der Waals surface area (Å²) in [5.41, 5.74) is 0.0590. The number of hydrogen-bond donors (Lipinski definition) is 1. The molecule has 1 heterocycles. The highest BCUT2D eigenvalue weighted by molar-refractivity contribution is 7.16. The van der Waals surface area contributed by atoms with Gasteiger partial charge in [-0.15, -0.1) is 11.3 Å². The Morgan fingerprint density at radius 1 is 1.33 bits per heavy atom. The van der Waals surface area contributed by atoms with Crippen molar-refractivity contribution in [1.29, 1.82) is 0 Å². The molecule has 2 rings (SSSR count). The zero-order valence-corrected chi connectivity index (χ0v) is 13.0. The second-order valence-corrected chi connectivity index (χ2v) is 6.16. The van der Waals surface area contributed by atoms with Crippen molar-refractivity contribution in [2.24, 2.45) is 0 Å². The molecule has 1 aromatic heterocycles. The normalized spacial score (nSPS) is 12.1. The lowest BCUT2D eigenvalue weighted by atomic mass is 10.3. The fraction of sp³-hybridized carbons (Fsp3) is 0.286. The second kappa shape index (κ2) is 7.40. The van der Waals surface area contributed by atoms with E-state index in [1.54, 1.807) is 23.5 Å². The Morgan fingerprint density at radius 3 is 2.62 bits per heavy atom. The average molecular weight is 327 g/mol. The van der Waals surface area contributed by atoms with Crippen molar-refractivity contribution in [2.45, 2.75) is 13.0 Å². The van der Waals surface area contributed by atoms with Crippen molar-refractivity contribution < 1.29 is 9.66 Å². The molecular weight excluding hydrogens is 312 g/mol. The van der Waals surface area contributed by atoms with E-state index in [0.29, 0.717) is 18.9 Å². The molecule has 21 heavy (non-hydrogen) atoms. The fourth-order valence-corrected chi connectivity index (χ4v) is 2.86. The summed E-state index contributed by atoms with van der Waals surface area (Å²) in [6.45, 7) is 3.23.